The molecule has 12 heteroatoms. The van der Waals surface area contributed by atoms with Gasteiger partial charge in [-0.1, -0.05) is 3.77 Å². The van der Waals surface area contributed by atoms with E-state index in [1.54, 1.807) is 0 Å². The smallest absolute Gasteiger partial charge is 0.295 e. The first-order chi connectivity index (χ1) is 6.33. The minimum absolute atomic E-state index is 0.333. The van der Waals surface area contributed by atoms with Crippen molar-refractivity contribution in [3.8, 4) is 0 Å². The van der Waals surface area contributed by atoms with E-state index < -0.39 is 25.8 Å². The van der Waals surface area contributed by atoms with E-state index in [1.807, 2.05) is 0 Å². The summed E-state index contributed by atoms with van der Waals surface area (Å²) in [5.41, 5.74) is 0. The Morgan fingerprint density at radius 1 is 1.36 bits per heavy atom. The highest BCUT2D eigenvalue weighted by atomic mass is 35.7. The van der Waals surface area contributed by atoms with Gasteiger partial charge in [0.05, 0.1) is 6.61 Å². The maximum Gasteiger partial charge on any atom is 0.295 e. The molecule has 1 fully saturated rings. The molecular weight excluding hydrogens is 294 g/mol. The maximum absolute atomic E-state index is 11.4. The van der Waals surface area contributed by atoms with Crippen LogP contribution in [-0.2, 0) is 22.8 Å². The van der Waals surface area contributed by atoms with Gasteiger partial charge in [0.25, 0.3) is 25.8 Å². The maximum atomic E-state index is 11.4. The van der Waals surface area contributed by atoms with Crippen molar-refractivity contribution < 1.29 is 12.9 Å². The summed E-state index contributed by atoms with van der Waals surface area (Å²) in [4.78, 5) is 0. The predicted molar refractivity (Wildman–Crippen MR) is 56.1 cm³/mol. The molecule has 0 radical (unpaired) electrons. The van der Waals surface area contributed by atoms with Crippen LogP contribution in [0.3, 0.4) is 0 Å². The highest BCUT2D eigenvalue weighted by Gasteiger charge is 2.33. The van der Waals surface area contributed by atoms with E-state index in [-0.39, 0.29) is 0 Å². The molecule has 0 bridgehead atoms. The van der Waals surface area contributed by atoms with Gasteiger partial charge in [-0.25, -0.2) is 13.5 Å². The van der Waals surface area contributed by atoms with E-state index in [0.29, 0.717) is 13.2 Å². The van der Waals surface area contributed by atoms with Gasteiger partial charge in [0, 0.05) is 27.9 Å². The molecule has 2 heterocycles. The molecule has 0 amide bonds. The molecular formula is C2H5Cl2N4O3PS2. The topological polar surface area (TPSA) is 92.5 Å². The zero-order valence-electron chi connectivity index (χ0n) is 6.50. The van der Waals surface area contributed by atoms with E-state index in [2.05, 4.69) is 17.1 Å². The van der Waals surface area contributed by atoms with E-state index >= 15 is 0 Å². The average Bonchev–Trinajstić information content (AvgIpc) is 2.27. The van der Waals surface area contributed by atoms with Crippen LogP contribution < -0.4 is 5.09 Å². The van der Waals surface area contributed by atoms with Crippen LogP contribution in [0.2, 0.25) is 0 Å². The molecule has 0 aromatic rings. The number of hydrogen-bond donors (Lipinski definition) is 1. The molecule has 1 unspecified atom stereocenters. The monoisotopic (exact) mass is 298 g/mol. The van der Waals surface area contributed by atoms with Gasteiger partial charge in [-0.05, 0) is 0 Å². The fraction of sp³-hybridized carbons (Fsp3) is 1.00. The van der Waals surface area contributed by atoms with Crippen molar-refractivity contribution in [2.45, 2.75) is 0 Å². The quantitative estimate of drug-likeness (QED) is 0.543. The fourth-order valence-electron chi connectivity index (χ4n) is 0.946. The van der Waals surface area contributed by atoms with Crippen LogP contribution in [0.15, 0.2) is 12.1 Å². The Bertz CT molecular complexity index is 531. The van der Waals surface area contributed by atoms with Crippen LogP contribution in [-0.4, -0.2) is 21.6 Å². The van der Waals surface area contributed by atoms with Gasteiger partial charge < -0.3 is 4.52 Å². The molecule has 7 nitrogen and oxygen atoms in total. The number of halogens is 2. The Morgan fingerprint density at radius 2 is 2.07 bits per heavy atom. The number of nitrogens with zero attached hydrogens (tertiary/aromatic N) is 3. The van der Waals surface area contributed by atoms with Crippen LogP contribution >= 0.6 is 28.9 Å². The van der Waals surface area contributed by atoms with E-state index in [1.165, 1.54) is 0 Å². The first kappa shape index (κ1) is 11.1. The third-order valence-corrected chi connectivity index (χ3v) is 9.45. The first-order valence-corrected chi connectivity index (χ1v) is 9.53. The van der Waals surface area contributed by atoms with Crippen molar-refractivity contribution in [3.63, 3.8) is 0 Å². The predicted octanol–water partition coefficient (Wildman–Crippen LogP) is 1.64. The number of nitrogens with one attached hydrogen (secondary N) is 1. The van der Waals surface area contributed by atoms with Crippen molar-refractivity contribution in [3.05, 3.63) is 0 Å². The lowest BCUT2D eigenvalue weighted by Gasteiger charge is -2.14. The summed E-state index contributed by atoms with van der Waals surface area (Å²) in [7, 11) is 1.02. The summed E-state index contributed by atoms with van der Waals surface area (Å²) in [6.07, 6.45) is 0. The molecule has 0 aliphatic carbocycles. The lowest BCUT2D eigenvalue weighted by molar-refractivity contribution is 0.393. The fourth-order valence-corrected chi connectivity index (χ4v) is 10.00. The third-order valence-electron chi connectivity index (χ3n) is 1.30. The highest BCUT2D eigenvalue weighted by Crippen LogP contribution is 2.56. The summed E-state index contributed by atoms with van der Waals surface area (Å²) in [6.45, 7) is 0.805. The second kappa shape index (κ2) is 3.31. The zero-order valence-corrected chi connectivity index (χ0v) is 10.5. The zero-order chi connectivity index (χ0) is 10.4. The van der Waals surface area contributed by atoms with Gasteiger partial charge in [-0.2, -0.15) is 0 Å². The largest absolute Gasteiger partial charge is 0.314 e. The summed E-state index contributed by atoms with van der Waals surface area (Å²) < 4.78 is 38.3. The summed E-state index contributed by atoms with van der Waals surface area (Å²) in [5.74, 6) is 0. The van der Waals surface area contributed by atoms with Crippen LogP contribution in [0, 0.1) is 0 Å². The third kappa shape index (κ3) is 2.24. The van der Waals surface area contributed by atoms with Crippen LogP contribution in [0.25, 0.3) is 0 Å². The van der Waals surface area contributed by atoms with Crippen molar-refractivity contribution in [2.24, 2.45) is 12.1 Å². The molecule has 0 saturated carbocycles. The van der Waals surface area contributed by atoms with Crippen molar-refractivity contribution in [2.75, 3.05) is 13.2 Å². The van der Waals surface area contributed by atoms with Gasteiger partial charge in [0.1, 0.15) is 0 Å². The average molecular weight is 299 g/mol. The lowest BCUT2D eigenvalue weighted by atomic mass is 10.8. The summed E-state index contributed by atoms with van der Waals surface area (Å²) in [6, 6.07) is 0. The molecule has 3 atom stereocenters. The van der Waals surface area contributed by atoms with Gasteiger partial charge in [-0.15, -0.1) is 8.28 Å². The van der Waals surface area contributed by atoms with Crippen LogP contribution in [0.5, 0.6) is 0 Å². The van der Waals surface area contributed by atoms with Crippen LogP contribution in [0.1, 0.15) is 0 Å². The molecule has 1 saturated heterocycles. The minimum atomic E-state index is -3.45. The van der Waals surface area contributed by atoms with Gasteiger partial charge in [-0.3, -0.25) is 0 Å². The molecule has 0 aromatic carbocycles. The van der Waals surface area contributed by atoms with E-state index in [4.69, 9.17) is 25.9 Å². The number of hydrogen-bond acceptors (Lipinski definition) is 5. The Hall–Kier alpha value is 0.630. The highest BCUT2D eigenvalue weighted by molar-refractivity contribution is 8.27. The second-order valence-electron chi connectivity index (χ2n) is 2.39. The number of rotatable bonds is 0. The van der Waals surface area contributed by atoms with Gasteiger partial charge >= 0.3 is 0 Å². The molecule has 2 aliphatic heterocycles. The normalized spacial score (nSPS) is 52.1. The molecule has 2 aliphatic rings. The molecule has 82 valence electrons. The molecule has 1 N–H and O–H groups in total. The molecule has 2 rings (SSSR count). The Morgan fingerprint density at radius 3 is 2.57 bits per heavy atom. The summed E-state index contributed by atoms with van der Waals surface area (Å²) >= 11 is 0. The van der Waals surface area contributed by atoms with Gasteiger partial charge in [0.15, 0.2) is 0 Å². The van der Waals surface area contributed by atoms with Crippen LogP contribution in [0.4, 0.5) is 0 Å². The lowest BCUT2D eigenvalue weighted by Crippen LogP contribution is -2.06. The Labute approximate surface area is 90.4 Å². The SMILES string of the molecule is O=[S@]1(Cl)=NP2(=N[S@@](=O)(Cl)=N1)NCCO2. The van der Waals surface area contributed by atoms with Gasteiger partial charge in [0.2, 0.25) is 0 Å². The van der Waals surface area contributed by atoms with Crippen molar-refractivity contribution in [1.82, 2.24) is 5.09 Å². The summed E-state index contributed by atoms with van der Waals surface area (Å²) in [5, 5.41) is 2.75. The van der Waals surface area contributed by atoms with Crippen molar-refractivity contribution >= 4 is 47.2 Å². The minimum Gasteiger partial charge on any atom is -0.314 e. The van der Waals surface area contributed by atoms with Crippen molar-refractivity contribution in [1.29, 1.82) is 0 Å². The standard InChI is InChI=1S/C2H5Cl2N4O3PS2/c3-13(9)6-12(5-1-2-11-12)7-14(4,10)8-13/h5H,1-2H2/t12?,13-,14+. The molecule has 14 heavy (non-hydrogen) atoms. The Kier molecular flexibility index (Phi) is 2.63. The first-order valence-electron chi connectivity index (χ1n) is 3.32. The van der Waals surface area contributed by atoms with E-state index in [9.17, 15) is 8.42 Å². The van der Waals surface area contributed by atoms with E-state index in [0.717, 1.165) is 0 Å². The second-order valence-corrected chi connectivity index (χ2v) is 10.1. The Balaban J connectivity index is 2.75. The molecule has 0 aromatic heterocycles. The molecule has 1 spiro atoms.